The van der Waals surface area contributed by atoms with Crippen LogP contribution in [0.5, 0.6) is 0 Å². The molecule has 2 heteroatoms. The van der Waals surface area contributed by atoms with Gasteiger partial charge in [-0.3, -0.25) is 0 Å². The lowest BCUT2D eigenvalue weighted by Crippen LogP contribution is -1.95. The van der Waals surface area contributed by atoms with Crippen molar-refractivity contribution >= 4 is 9.76 Å². The highest BCUT2D eigenvalue weighted by atomic mass is 28.2. The quantitative estimate of drug-likeness (QED) is 0.399. The van der Waals surface area contributed by atoms with E-state index >= 15 is 0 Å². The summed E-state index contributed by atoms with van der Waals surface area (Å²) in [4.78, 5) is 0. The van der Waals surface area contributed by atoms with Crippen LogP contribution in [-0.4, -0.2) is 16.4 Å². The molecule has 0 aliphatic carbocycles. The summed E-state index contributed by atoms with van der Waals surface area (Å²) in [6.07, 6.45) is 1.25. The highest BCUT2D eigenvalue weighted by molar-refractivity contribution is 6.26. The highest BCUT2D eigenvalue weighted by Gasteiger charge is 1.82. The van der Waals surface area contributed by atoms with Crippen LogP contribution in [0, 0.1) is 0 Å². The first kappa shape index (κ1) is 7.18. The van der Waals surface area contributed by atoms with Gasteiger partial charge in [0.15, 0.2) is 0 Å². The molecule has 0 aliphatic rings. The molecule has 7 heavy (non-hydrogen) atoms. The summed E-state index contributed by atoms with van der Waals surface area (Å²) in [5, 5.41) is 0. The molecule has 0 amide bonds. The zero-order valence-corrected chi connectivity index (χ0v) is 6.03. The first-order chi connectivity index (χ1) is 3.41. The van der Waals surface area contributed by atoms with Gasteiger partial charge in [-0.15, -0.1) is 0 Å². The predicted molar refractivity (Wildman–Crippen MR) is 32.5 cm³/mol. The maximum absolute atomic E-state index is 5.10. The SMILES string of the molecule is CCC[Si]OCC. The van der Waals surface area contributed by atoms with Gasteiger partial charge in [-0.1, -0.05) is 13.3 Å². The molecule has 0 N–H and O–H groups in total. The number of hydrogen-bond acceptors (Lipinski definition) is 1. The van der Waals surface area contributed by atoms with Gasteiger partial charge in [0.2, 0.25) is 9.76 Å². The Morgan fingerprint density at radius 2 is 2.14 bits per heavy atom. The first-order valence-corrected chi connectivity index (χ1v) is 3.88. The summed E-state index contributed by atoms with van der Waals surface area (Å²) < 4.78 is 5.10. The largest absolute Gasteiger partial charge is 0.418 e. The van der Waals surface area contributed by atoms with Crippen LogP contribution in [0.2, 0.25) is 6.04 Å². The average Bonchev–Trinajstić information content (AvgIpc) is 1.69. The summed E-state index contributed by atoms with van der Waals surface area (Å²) >= 11 is 0. The molecule has 0 atom stereocenters. The van der Waals surface area contributed by atoms with Crippen molar-refractivity contribution in [2.45, 2.75) is 26.3 Å². The monoisotopic (exact) mass is 116 g/mol. The summed E-state index contributed by atoms with van der Waals surface area (Å²) in [5.41, 5.74) is 0. The van der Waals surface area contributed by atoms with Crippen molar-refractivity contribution in [2.75, 3.05) is 6.61 Å². The van der Waals surface area contributed by atoms with E-state index in [0.29, 0.717) is 0 Å². The second-order valence-electron chi connectivity index (χ2n) is 1.33. The van der Waals surface area contributed by atoms with Crippen LogP contribution in [0.3, 0.4) is 0 Å². The standard InChI is InChI=1S/C5H12OSi/c1-3-5-7-6-4-2/h3-5H2,1-2H3. The Hall–Kier alpha value is 0.177. The molecule has 0 saturated heterocycles. The van der Waals surface area contributed by atoms with Gasteiger partial charge in [0.25, 0.3) is 0 Å². The van der Waals surface area contributed by atoms with Crippen LogP contribution in [-0.2, 0) is 4.43 Å². The Balaban J connectivity index is 2.45. The lowest BCUT2D eigenvalue weighted by atomic mass is 10.6. The lowest BCUT2D eigenvalue weighted by molar-refractivity contribution is 0.359. The van der Waals surface area contributed by atoms with Crippen LogP contribution >= 0.6 is 0 Å². The number of hydrogen-bond donors (Lipinski definition) is 0. The summed E-state index contributed by atoms with van der Waals surface area (Å²) in [6, 6.07) is 1.23. The van der Waals surface area contributed by atoms with Gasteiger partial charge in [0.1, 0.15) is 0 Å². The third kappa shape index (κ3) is 6.18. The van der Waals surface area contributed by atoms with Gasteiger partial charge in [-0.25, -0.2) is 0 Å². The van der Waals surface area contributed by atoms with E-state index in [1.165, 1.54) is 12.5 Å². The van der Waals surface area contributed by atoms with E-state index < -0.39 is 0 Å². The molecule has 0 fully saturated rings. The van der Waals surface area contributed by atoms with E-state index in [2.05, 4.69) is 6.92 Å². The van der Waals surface area contributed by atoms with Crippen LogP contribution in [0.15, 0.2) is 0 Å². The molecule has 0 saturated carbocycles. The fourth-order valence-electron chi connectivity index (χ4n) is 0.276. The molecular formula is C5H12OSi. The molecule has 1 nitrogen and oxygen atoms in total. The van der Waals surface area contributed by atoms with Crippen molar-refractivity contribution in [2.24, 2.45) is 0 Å². The fourth-order valence-corrected chi connectivity index (χ4v) is 0.829. The molecular weight excluding hydrogens is 104 g/mol. The second-order valence-corrected chi connectivity index (χ2v) is 2.40. The third-order valence-corrected chi connectivity index (χ3v) is 1.80. The molecule has 0 bridgehead atoms. The van der Waals surface area contributed by atoms with Crippen molar-refractivity contribution < 1.29 is 4.43 Å². The summed E-state index contributed by atoms with van der Waals surface area (Å²) in [5.74, 6) is 0. The van der Waals surface area contributed by atoms with Gasteiger partial charge >= 0.3 is 0 Å². The van der Waals surface area contributed by atoms with Crippen LogP contribution in [0.25, 0.3) is 0 Å². The molecule has 0 heterocycles. The van der Waals surface area contributed by atoms with Crippen molar-refractivity contribution in [3.63, 3.8) is 0 Å². The van der Waals surface area contributed by atoms with Crippen LogP contribution < -0.4 is 0 Å². The Bertz CT molecular complexity index is 27.3. The van der Waals surface area contributed by atoms with Gasteiger partial charge < -0.3 is 4.43 Å². The van der Waals surface area contributed by atoms with Crippen LogP contribution in [0.4, 0.5) is 0 Å². The van der Waals surface area contributed by atoms with E-state index in [9.17, 15) is 0 Å². The van der Waals surface area contributed by atoms with E-state index in [1.807, 2.05) is 6.92 Å². The lowest BCUT2D eigenvalue weighted by Gasteiger charge is -1.92. The van der Waals surface area contributed by atoms with Gasteiger partial charge in [-0.2, -0.15) is 0 Å². The van der Waals surface area contributed by atoms with E-state index in [-0.39, 0.29) is 0 Å². The molecule has 42 valence electrons. The third-order valence-electron chi connectivity index (χ3n) is 0.598. The average molecular weight is 116 g/mol. The van der Waals surface area contributed by atoms with Crippen molar-refractivity contribution in [1.82, 2.24) is 0 Å². The van der Waals surface area contributed by atoms with Crippen molar-refractivity contribution in [1.29, 1.82) is 0 Å². The molecule has 0 aliphatic heterocycles. The molecule has 0 aromatic rings. The van der Waals surface area contributed by atoms with E-state index in [1.54, 1.807) is 0 Å². The molecule has 0 rings (SSSR count). The smallest absolute Gasteiger partial charge is 0.229 e. The minimum atomic E-state index is 0.732. The summed E-state index contributed by atoms with van der Waals surface area (Å²) in [6.45, 7) is 5.08. The highest BCUT2D eigenvalue weighted by Crippen LogP contribution is 1.84. The number of rotatable bonds is 4. The van der Waals surface area contributed by atoms with Crippen molar-refractivity contribution in [3.05, 3.63) is 0 Å². The van der Waals surface area contributed by atoms with E-state index in [4.69, 9.17) is 4.43 Å². The minimum absolute atomic E-state index is 0.732. The summed E-state index contributed by atoms with van der Waals surface area (Å²) in [7, 11) is 0.732. The molecule has 0 spiro atoms. The first-order valence-electron chi connectivity index (χ1n) is 2.76. The predicted octanol–water partition coefficient (Wildman–Crippen LogP) is 1.47. The topological polar surface area (TPSA) is 9.23 Å². The van der Waals surface area contributed by atoms with Crippen molar-refractivity contribution in [3.8, 4) is 0 Å². The molecule has 2 radical (unpaired) electrons. The maximum atomic E-state index is 5.10. The normalized spacial score (nSPS) is 9.43. The Labute approximate surface area is 48.0 Å². The Kier molecular flexibility index (Phi) is 6.33. The Morgan fingerprint density at radius 1 is 1.43 bits per heavy atom. The van der Waals surface area contributed by atoms with Gasteiger partial charge in [0, 0.05) is 6.61 Å². The molecule has 0 unspecified atom stereocenters. The maximum Gasteiger partial charge on any atom is 0.229 e. The second kappa shape index (κ2) is 6.18. The molecule has 0 aromatic heterocycles. The van der Waals surface area contributed by atoms with Gasteiger partial charge in [-0.05, 0) is 13.0 Å². The zero-order chi connectivity index (χ0) is 5.54. The molecule has 0 aromatic carbocycles. The minimum Gasteiger partial charge on any atom is -0.418 e. The van der Waals surface area contributed by atoms with E-state index in [0.717, 1.165) is 16.4 Å². The Morgan fingerprint density at radius 3 is 2.57 bits per heavy atom. The zero-order valence-electron chi connectivity index (χ0n) is 5.03. The van der Waals surface area contributed by atoms with Gasteiger partial charge in [0.05, 0.1) is 0 Å². The van der Waals surface area contributed by atoms with Crippen LogP contribution in [0.1, 0.15) is 20.3 Å². The fraction of sp³-hybridized carbons (Fsp3) is 1.00.